The average Bonchev–Trinajstić information content (AvgIpc) is 2.56. The Morgan fingerprint density at radius 1 is 1.26 bits per heavy atom. The van der Waals surface area contributed by atoms with Gasteiger partial charge in [0.05, 0.1) is 19.6 Å². The first-order valence-corrected chi connectivity index (χ1v) is 7.21. The van der Waals surface area contributed by atoms with Crippen LogP contribution in [0.3, 0.4) is 0 Å². The standard InChI is InChI=1S/C18H17FN2O2/c1-23-16-4-2-3-14(18(16)19)7-10-17(22)21-15-8-5-13(6-9-15)11-12-20/h2-6,8-9H,7,10-11H2,1H3,(H,21,22). The van der Waals surface area contributed by atoms with Crippen molar-refractivity contribution in [2.45, 2.75) is 19.3 Å². The number of halogens is 1. The van der Waals surface area contributed by atoms with Crippen LogP contribution in [-0.2, 0) is 17.6 Å². The Hall–Kier alpha value is -2.87. The fourth-order valence-electron chi connectivity index (χ4n) is 2.18. The van der Waals surface area contributed by atoms with Gasteiger partial charge in [-0.1, -0.05) is 24.3 Å². The molecular formula is C18H17FN2O2. The molecule has 0 atom stereocenters. The molecule has 0 fully saturated rings. The molecule has 0 spiro atoms. The van der Waals surface area contributed by atoms with Gasteiger partial charge in [-0.15, -0.1) is 0 Å². The van der Waals surface area contributed by atoms with Crippen LogP contribution >= 0.6 is 0 Å². The Bertz CT molecular complexity index is 721. The summed E-state index contributed by atoms with van der Waals surface area (Å²) in [6.45, 7) is 0. The molecule has 0 radical (unpaired) electrons. The molecule has 23 heavy (non-hydrogen) atoms. The summed E-state index contributed by atoms with van der Waals surface area (Å²) in [5.41, 5.74) is 2.00. The van der Waals surface area contributed by atoms with Gasteiger partial charge in [0.15, 0.2) is 11.6 Å². The summed E-state index contributed by atoms with van der Waals surface area (Å²) in [7, 11) is 1.41. The summed E-state index contributed by atoms with van der Waals surface area (Å²) in [5, 5.41) is 11.4. The molecule has 0 saturated carbocycles. The minimum Gasteiger partial charge on any atom is -0.494 e. The van der Waals surface area contributed by atoms with E-state index in [1.165, 1.54) is 7.11 Å². The Morgan fingerprint density at radius 2 is 2.00 bits per heavy atom. The number of nitrogens with one attached hydrogen (secondary N) is 1. The third-order valence-corrected chi connectivity index (χ3v) is 3.41. The predicted octanol–water partition coefficient (Wildman–Crippen LogP) is 3.47. The molecular weight excluding hydrogens is 295 g/mol. The fraction of sp³-hybridized carbons (Fsp3) is 0.222. The third kappa shape index (κ3) is 4.55. The second-order valence-corrected chi connectivity index (χ2v) is 5.01. The van der Waals surface area contributed by atoms with Crippen LogP contribution in [-0.4, -0.2) is 13.0 Å². The first-order valence-electron chi connectivity index (χ1n) is 7.21. The zero-order valence-electron chi connectivity index (χ0n) is 12.8. The lowest BCUT2D eigenvalue weighted by atomic mass is 10.1. The zero-order chi connectivity index (χ0) is 16.7. The van der Waals surface area contributed by atoms with E-state index in [1.807, 2.05) is 0 Å². The van der Waals surface area contributed by atoms with Crippen molar-refractivity contribution < 1.29 is 13.9 Å². The van der Waals surface area contributed by atoms with E-state index in [9.17, 15) is 9.18 Å². The van der Waals surface area contributed by atoms with Gasteiger partial charge in [0.1, 0.15) is 0 Å². The normalized spacial score (nSPS) is 9.96. The minimum absolute atomic E-state index is 0.171. The van der Waals surface area contributed by atoms with E-state index in [4.69, 9.17) is 10.00 Å². The van der Waals surface area contributed by atoms with Gasteiger partial charge in [-0.05, 0) is 35.7 Å². The number of methoxy groups -OCH3 is 1. The lowest BCUT2D eigenvalue weighted by Gasteiger charge is -2.08. The molecule has 0 unspecified atom stereocenters. The lowest BCUT2D eigenvalue weighted by Crippen LogP contribution is -2.12. The van der Waals surface area contributed by atoms with Gasteiger partial charge >= 0.3 is 0 Å². The summed E-state index contributed by atoms with van der Waals surface area (Å²) in [5.74, 6) is -0.445. The van der Waals surface area contributed by atoms with E-state index in [-0.39, 0.29) is 18.1 Å². The average molecular weight is 312 g/mol. The van der Waals surface area contributed by atoms with Crippen molar-refractivity contribution in [3.63, 3.8) is 0 Å². The van der Waals surface area contributed by atoms with Crippen molar-refractivity contribution in [3.05, 3.63) is 59.4 Å². The highest BCUT2D eigenvalue weighted by atomic mass is 19.1. The summed E-state index contributed by atoms with van der Waals surface area (Å²) in [6.07, 6.45) is 0.800. The number of carbonyl (C=O) groups excluding carboxylic acids is 1. The number of anilines is 1. The highest BCUT2D eigenvalue weighted by Gasteiger charge is 2.10. The van der Waals surface area contributed by atoms with Crippen molar-refractivity contribution in [2.24, 2.45) is 0 Å². The number of ether oxygens (including phenoxy) is 1. The molecule has 118 valence electrons. The molecule has 0 aliphatic heterocycles. The molecule has 2 rings (SSSR count). The van der Waals surface area contributed by atoms with Gasteiger partial charge in [0, 0.05) is 12.1 Å². The van der Waals surface area contributed by atoms with E-state index in [0.717, 1.165) is 5.56 Å². The Labute approximate surface area is 134 Å². The van der Waals surface area contributed by atoms with Gasteiger partial charge < -0.3 is 10.1 Å². The number of benzene rings is 2. The van der Waals surface area contributed by atoms with Crippen molar-refractivity contribution in [1.29, 1.82) is 5.26 Å². The topological polar surface area (TPSA) is 62.1 Å². The highest BCUT2D eigenvalue weighted by molar-refractivity contribution is 5.90. The van der Waals surface area contributed by atoms with E-state index in [0.29, 0.717) is 24.1 Å². The molecule has 0 aliphatic carbocycles. The third-order valence-electron chi connectivity index (χ3n) is 3.41. The fourth-order valence-corrected chi connectivity index (χ4v) is 2.18. The number of nitriles is 1. The quantitative estimate of drug-likeness (QED) is 0.888. The smallest absolute Gasteiger partial charge is 0.224 e. The Balaban J connectivity index is 1.91. The molecule has 5 heteroatoms. The van der Waals surface area contributed by atoms with E-state index >= 15 is 0 Å². The maximum atomic E-state index is 14.0. The predicted molar refractivity (Wildman–Crippen MR) is 85.7 cm³/mol. The van der Waals surface area contributed by atoms with Crippen molar-refractivity contribution in [2.75, 3.05) is 12.4 Å². The molecule has 0 aromatic heterocycles. The maximum Gasteiger partial charge on any atom is 0.224 e. The molecule has 0 heterocycles. The lowest BCUT2D eigenvalue weighted by molar-refractivity contribution is -0.116. The zero-order valence-corrected chi connectivity index (χ0v) is 12.8. The van der Waals surface area contributed by atoms with Crippen LogP contribution in [0.2, 0.25) is 0 Å². The van der Waals surface area contributed by atoms with Crippen LogP contribution in [0.5, 0.6) is 5.75 Å². The molecule has 4 nitrogen and oxygen atoms in total. The number of aryl methyl sites for hydroxylation is 1. The molecule has 1 amide bonds. The molecule has 0 saturated heterocycles. The SMILES string of the molecule is COc1cccc(CCC(=O)Nc2ccc(CC#N)cc2)c1F. The number of nitrogens with zero attached hydrogens (tertiary/aromatic N) is 1. The summed E-state index contributed by atoms with van der Waals surface area (Å²) in [4.78, 5) is 11.9. The van der Waals surface area contributed by atoms with E-state index in [1.54, 1.807) is 42.5 Å². The molecule has 2 aromatic carbocycles. The molecule has 0 bridgehead atoms. The summed E-state index contributed by atoms with van der Waals surface area (Å²) < 4.78 is 18.9. The second kappa shape index (κ2) is 7.95. The number of hydrogen-bond donors (Lipinski definition) is 1. The summed E-state index contributed by atoms with van der Waals surface area (Å²) >= 11 is 0. The molecule has 2 aromatic rings. The van der Waals surface area contributed by atoms with Crippen LogP contribution in [0.15, 0.2) is 42.5 Å². The van der Waals surface area contributed by atoms with E-state index < -0.39 is 5.82 Å². The van der Waals surface area contributed by atoms with Gasteiger partial charge in [-0.25, -0.2) is 4.39 Å². The summed E-state index contributed by atoms with van der Waals surface area (Å²) in [6, 6.07) is 14.0. The van der Waals surface area contributed by atoms with Gasteiger partial charge in [-0.2, -0.15) is 5.26 Å². The van der Waals surface area contributed by atoms with Crippen molar-refractivity contribution in [1.82, 2.24) is 0 Å². The monoisotopic (exact) mass is 312 g/mol. The number of hydrogen-bond acceptors (Lipinski definition) is 3. The largest absolute Gasteiger partial charge is 0.494 e. The van der Waals surface area contributed by atoms with Gasteiger partial charge in [-0.3, -0.25) is 4.79 Å². The van der Waals surface area contributed by atoms with Crippen LogP contribution < -0.4 is 10.1 Å². The van der Waals surface area contributed by atoms with Gasteiger partial charge in [0.25, 0.3) is 0 Å². The number of amides is 1. The number of rotatable bonds is 6. The molecule has 1 N–H and O–H groups in total. The van der Waals surface area contributed by atoms with E-state index in [2.05, 4.69) is 11.4 Å². The molecule has 0 aliphatic rings. The maximum absolute atomic E-state index is 14.0. The van der Waals surface area contributed by atoms with Gasteiger partial charge in [0.2, 0.25) is 5.91 Å². The van der Waals surface area contributed by atoms with Crippen molar-refractivity contribution in [3.8, 4) is 11.8 Å². The Morgan fingerprint density at radius 3 is 2.65 bits per heavy atom. The second-order valence-electron chi connectivity index (χ2n) is 5.01. The first-order chi connectivity index (χ1) is 11.1. The van der Waals surface area contributed by atoms with Crippen LogP contribution in [0.25, 0.3) is 0 Å². The van der Waals surface area contributed by atoms with Crippen molar-refractivity contribution >= 4 is 11.6 Å². The Kier molecular flexibility index (Phi) is 5.70. The minimum atomic E-state index is -0.427. The van der Waals surface area contributed by atoms with Crippen LogP contribution in [0, 0.1) is 17.1 Å². The number of carbonyl (C=O) groups is 1. The highest BCUT2D eigenvalue weighted by Crippen LogP contribution is 2.21. The van der Waals surface area contributed by atoms with Crippen LogP contribution in [0.4, 0.5) is 10.1 Å². The van der Waals surface area contributed by atoms with Crippen LogP contribution in [0.1, 0.15) is 17.5 Å². The first kappa shape index (κ1) is 16.5.